The van der Waals surface area contributed by atoms with Crippen molar-refractivity contribution in [2.24, 2.45) is 0 Å². The first-order valence-corrected chi connectivity index (χ1v) is 4.35. The van der Waals surface area contributed by atoms with Crippen molar-refractivity contribution in [3.8, 4) is 0 Å². The van der Waals surface area contributed by atoms with E-state index in [0.29, 0.717) is 18.1 Å². The van der Waals surface area contributed by atoms with Gasteiger partial charge in [-0.05, 0) is 13.3 Å². The summed E-state index contributed by atoms with van der Waals surface area (Å²) in [6, 6.07) is 0.144. The molecule has 1 aromatic heterocycles. The van der Waals surface area contributed by atoms with E-state index in [0.717, 1.165) is 4.68 Å². The highest BCUT2D eigenvalue weighted by Gasteiger charge is 2.43. The highest BCUT2D eigenvalue weighted by atomic mass is 19.4. The van der Waals surface area contributed by atoms with Gasteiger partial charge in [0.05, 0.1) is 5.69 Å². The number of rotatable bonds is 0. The molecule has 0 aliphatic carbocycles. The van der Waals surface area contributed by atoms with Crippen LogP contribution in [0.25, 0.3) is 0 Å². The normalized spacial score (nSPS) is 21.6. The summed E-state index contributed by atoms with van der Waals surface area (Å²) < 4.78 is 38.6. The van der Waals surface area contributed by atoms with Gasteiger partial charge in [0.2, 0.25) is 0 Å². The Hall–Kier alpha value is -1.20. The Kier molecular flexibility index (Phi) is 1.94. The number of nitrogens with one attached hydrogen (secondary N) is 1. The molecule has 78 valence electrons. The largest absolute Gasteiger partial charge is 0.410 e. The molecule has 1 aliphatic heterocycles. The molecule has 0 fully saturated rings. The predicted octanol–water partition coefficient (Wildman–Crippen LogP) is 2.11. The van der Waals surface area contributed by atoms with Crippen molar-refractivity contribution in [1.29, 1.82) is 0 Å². The van der Waals surface area contributed by atoms with Crippen LogP contribution in [-0.2, 0) is 0 Å². The van der Waals surface area contributed by atoms with E-state index in [1.54, 1.807) is 13.0 Å². The van der Waals surface area contributed by atoms with Gasteiger partial charge in [0.15, 0.2) is 6.04 Å². The van der Waals surface area contributed by atoms with E-state index in [9.17, 15) is 13.2 Å². The molecule has 0 spiro atoms. The Morgan fingerprint density at radius 2 is 2.29 bits per heavy atom. The summed E-state index contributed by atoms with van der Waals surface area (Å²) in [5, 5.41) is 6.72. The number of hydrogen-bond donors (Lipinski definition) is 1. The summed E-state index contributed by atoms with van der Waals surface area (Å²) in [7, 11) is 0. The van der Waals surface area contributed by atoms with E-state index in [2.05, 4.69) is 10.4 Å². The van der Waals surface area contributed by atoms with Crippen LogP contribution in [0.4, 0.5) is 19.0 Å². The number of nitrogens with zero attached hydrogens (tertiary/aromatic N) is 2. The van der Waals surface area contributed by atoms with Gasteiger partial charge in [-0.2, -0.15) is 18.3 Å². The summed E-state index contributed by atoms with van der Waals surface area (Å²) in [6.45, 7) is 2.02. The van der Waals surface area contributed by atoms with Gasteiger partial charge in [-0.1, -0.05) is 0 Å². The van der Waals surface area contributed by atoms with Crippen molar-refractivity contribution in [2.75, 3.05) is 11.9 Å². The fraction of sp³-hybridized carbons (Fsp3) is 0.625. The minimum absolute atomic E-state index is 0.0393. The third-order valence-electron chi connectivity index (χ3n) is 2.25. The van der Waals surface area contributed by atoms with Crippen molar-refractivity contribution < 1.29 is 13.2 Å². The summed E-state index contributed by atoms with van der Waals surface area (Å²) >= 11 is 0. The van der Waals surface area contributed by atoms with Gasteiger partial charge in [-0.15, -0.1) is 0 Å². The number of aryl methyl sites for hydroxylation is 1. The molecule has 3 nitrogen and oxygen atoms in total. The maximum absolute atomic E-state index is 12.5. The molecular weight excluding hydrogens is 195 g/mol. The number of anilines is 1. The van der Waals surface area contributed by atoms with Crippen molar-refractivity contribution in [1.82, 2.24) is 9.78 Å². The molecule has 2 heterocycles. The standard InChI is InChI=1S/C8H10F3N3/c1-5-4-7-12-3-2-6(8(9,10)11)14(7)13-5/h4,6,12H,2-3H2,1H3/t6-/m1/s1. The van der Waals surface area contributed by atoms with Crippen LogP contribution >= 0.6 is 0 Å². The van der Waals surface area contributed by atoms with Gasteiger partial charge in [-0.3, -0.25) is 0 Å². The Balaban J connectivity index is 2.40. The van der Waals surface area contributed by atoms with E-state index < -0.39 is 12.2 Å². The number of halogens is 3. The Morgan fingerprint density at radius 3 is 2.93 bits per heavy atom. The molecule has 0 aromatic carbocycles. The highest BCUT2D eigenvalue weighted by molar-refractivity contribution is 5.39. The van der Waals surface area contributed by atoms with Crippen LogP contribution in [0.15, 0.2) is 6.07 Å². The lowest BCUT2D eigenvalue weighted by Gasteiger charge is -2.27. The summed E-state index contributed by atoms with van der Waals surface area (Å²) in [4.78, 5) is 0. The second kappa shape index (κ2) is 2.90. The van der Waals surface area contributed by atoms with Crippen LogP contribution in [0.3, 0.4) is 0 Å². The number of alkyl halides is 3. The van der Waals surface area contributed by atoms with Gasteiger partial charge < -0.3 is 5.32 Å². The third kappa shape index (κ3) is 1.44. The van der Waals surface area contributed by atoms with Crippen LogP contribution < -0.4 is 5.32 Å². The molecule has 6 heteroatoms. The summed E-state index contributed by atoms with van der Waals surface area (Å²) in [6.07, 6.45) is -4.17. The topological polar surface area (TPSA) is 29.9 Å². The average molecular weight is 205 g/mol. The highest BCUT2D eigenvalue weighted by Crippen LogP contribution is 2.37. The van der Waals surface area contributed by atoms with Gasteiger partial charge in [0.1, 0.15) is 5.82 Å². The van der Waals surface area contributed by atoms with Gasteiger partial charge >= 0.3 is 6.18 Å². The van der Waals surface area contributed by atoms with E-state index in [1.807, 2.05) is 0 Å². The lowest BCUT2D eigenvalue weighted by molar-refractivity contribution is -0.171. The lowest BCUT2D eigenvalue weighted by Crippen LogP contribution is -2.33. The molecule has 1 aromatic rings. The van der Waals surface area contributed by atoms with Gasteiger partial charge in [0.25, 0.3) is 0 Å². The molecule has 1 N–H and O–H groups in total. The fourth-order valence-corrected chi connectivity index (χ4v) is 1.65. The van der Waals surface area contributed by atoms with Crippen molar-refractivity contribution in [2.45, 2.75) is 25.6 Å². The molecule has 0 saturated carbocycles. The zero-order valence-corrected chi connectivity index (χ0v) is 7.60. The van der Waals surface area contributed by atoms with Crippen LogP contribution in [0.5, 0.6) is 0 Å². The Morgan fingerprint density at radius 1 is 1.57 bits per heavy atom. The van der Waals surface area contributed by atoms with Crippen LogP contribution in [0.1, 0.15) is 18.2 Å². The van der Waals surface area contributed by atoms with E-state index in [4.69, 9.17) is 0 Å². The molecule has 0 radical (unpaired) electrons. The lowest BCUT2D eigenvalue weighted by atomic mass is 10.1. The maximum Gasteiger partial charge on any atom is 0.410 e. The van der Waals surface area contributed by atoms with Crippen LogP contribution in [0.2, 0.25) is 0 Å². The molecular formula is C8H10F3N3. The van der Waals surface area contributed by atoms with Crippen molar-refractivity contribution in [3.63, 3.8) is 0 Å². The predicted molar refractivity (Wildman–Crippen MR) is 45.2 cm³/mol. The molecule has 0 unspecified atom stereocenters. The quantitative estimate of drug-likeness (QED) is 0.703. The van der Waals surface area contributed by atoms with E-state index in [1.165, 1.54) is 0 Å². The van der Waals surface area contributed by atoms with Crippen molar-refractivity contribution >= 4 is 5.82 Å². The minimum atomic E-state index is -4.21. The second-order valence-corrected chi connectivity index (χ2v) is 3.39. The summed E-state index contributed by atoms with van der Waals surface area (Å²) in [5.41, 5.74) is 0.601. The zero-order valence-electron chi connectivity index (χ0n) is 7.60. The molecule has 2 rings (SSSR count). The van der Waals surface area contributed by atoms with Gasteiger partial charge in [-0.25, -0.2) is 4.68 Å². The maximum atomic E-state index is 12.5. The molecule has 1 aliphatic rings. The molecule has 0 bridgehead atoms. The van der Waals surface area contributed by atoms with E-state index in [-0.39, 0.29) is 6.42 Å². The third-order valence-corrected chi connectivity index (χ3v) is 2.25. The smallest absolute Gasteiger partial charge is 0.370 e. The average Bonchev–Trinajstić information content (AvgIpc) is 2.41. The SMILES string of the molecule is Cc1cc2n(n1)[C@@H](C(F)(F)F)CCN2. The molecule has 14 heavy (non-hydrogen) atoms. The second-order valence-electron chi connectivity index (χ2n) is 3.39. The first kappa shape index (κ1) is 9.36. The van der Waals surface area contributed by atoms with Gasteiger partial charge in [0, 0.05) is 12.6 Å². The molecule has 0 saturated heterocycles. The molecule has 0 amide bonds. The van der Waals surface area contributed by atoms with E-state index >= 15 is 0 Å². The van der Waals surface area contributed by atoms with Crippen LogP contribution in [-0.4, -0.2) is 22.5 Å². The number of fused-ring (bicyclic) bond motifs is 1. The Labute approximate surface area is 78.9 Å². The van der Waals surface area contributed by atoms with Crippen molar-refractivity contribution in [3.05, 3.63) is 11.8 Å². The fourth-order valence-electron chi connectivity index (χ4n) is 1.65. The Bertz CT molecular complexity index is 342. The van der Waals surface area contributed by atoms with Crippen LogP contribution in [0, 0.1) is 6.92 Å². The minimum Gasteiger partial charge on any atom is -0.370 e. The summed E-state index contributed by atoms with van der Waals surface area (Å²) in [5.74, 6) is 0.455. The first-order chi connectivity index (χ1) is 6.48. The monoisotopic (exact) mass is 205 g/mol. The molecule has 1 atom stereocenters. The number of hydrogen-bond acceptors (Lipinski definition) is 2. The zero-order chi connectivity index (χ0) is 10.3. The number of aromatic nitrogens is 2. The first-order valence-electron chi connectivity index (χ1n) is 4.35.